The Kier molecular flexibility index (Phi) is 7.17. The van der Waals surface area contributed by atoms with Gasteiger partial charge in [-0.3, -0.25) is 4.79 Å². The van der Waals surface area contributed by atoms with Gasteiger partial charge < -0.3 is 14.5 Å². The first-order valence-corrected chi connectivity index (χ1v) is 12.8. The van der Waals surface area contributed by atoms with Crippen LogP contribution in [0.5, 0.6) is 5.75 Å². The van der Waals surface area contributed by atoms with Gasteiger partial charge in [0.2, 0.25) is 0 Å². The van der Waals surface area contributed by atoms with Crippen molar-refractivity contribution >= 4 is 34.4 Å². The summed E-state index contributed by atoms with van der Waals surface area (Å²) >= 11 is 0. The van der Waals surface area contributed by atoms with Gasteiger partial charge in [0.05, 0.1) is 22.8 Å². The first-order chi connectivity index (χ1) is 18.0. The number of rotatable bonds is 6. The fourth-order valence-electron chi connectivity index (χ4n) is 4.64. The summed E-state index contributed by atoms with van der Waals surface area (Å²) in [5.41, 5.74) is 5.26. The van der Waals surface area contributed by atoms with Gasteiger partial charge in [-0.2, -0.15) is 0 Å². The molecular formula is C31H32N4O2. The van der Waals surface area contributed by atoms with Crippen LogP contribution in [0.4, 0.5) is 5.82 Å². The van der Waals surface area contributed by atoms with Gasteiger partial charge in [0.25, 0.3) is 5.91 Å². The standard InChI is InChI=1S/C31H32N4O2/c1-22(2)37-26-15-13-24(14-16-26)21-27(25-9-5-4-6-10-25)31(36)35-19-17-34(18-20-35)30-23(3)32-28-11-7-8-12-29(28)33-30/h4-16,21-22H,17-20H2,1-3H3/b27-21+. The molecule has 0 aliphatic carbocycles. The lowest BCUT2D eigenvalue weighted by Gasteiger charge is -2.36. The van der Waals surface area contributed by atoms with Gasteiger partial charge in [-0.1, -0.05) is 54.6 Å². The Balaban J connectivity index is 1.35. The second kappa shape index (κ2) is 10.8. The van der Waals surface area contributed by atoms with Crippen LogP contribution in [0.1, 0.15) is 30.7 Å². The largest absolute Gasteiger partial charge is 0.491 e. The minimum atomic E-state index is 0.0367. The number of piperazine rings is 1. The molecule has 3 aromatic carbocycles. The van der Waals surface area contributed by atoms with Gasteiger partial charge in [-0.05, 0) is 62.2 Å². The number of fused-ring (bicyclic) bond motifs is 1. The van der Waals surface area contributed by atoms with Crippen LogP contribution in [0.25, 0.3) is 22.7 Å². The molecule has 0 unspecified atom stereocenters. The molecule has 1 aliphatic heterocycles. The zero-order valence-corrected chi connectivity index (χ0v) is 21.6. The predicted molar refractivity (Wildman–Crippen MR) is 150 cm³/mol. The number of ether oxygens (including phenoxy) is 1. The molecule has 2 heterocycles. The van der Waals surface area contributed by atoms with Crippen molar-refractivity contribution in [1.82, 2.24) is 14.9 Å². The number of para-hydroxylation sites is 2. The summed E-state index contributed by atoms with van der Waals surface area (Å²) in [5.74, 6) is 1.76. The van der Waals surface area contributed by atoms with E-state index in [-0.39, 0.29) is 12.0 Å². The minimum absolute atomic E-state index is 0.0367. The molecule has 4 aromatic rings. The fraction of sp³-hybridized carbons (Fsp3) is 0.258. The Morgan fingerprint density at radius 2 is 1.46 bits per heavy atom. The smallest absolute Gasteiger partial charge is 0.254 e. The van der Waals surface area contributed by atoms with E-state index in [1.807, 2.05) is 111 Å². The summed E-state index contributed by atoms with van der Waals surface area (Å²) in [6, 6.07) is 25.7. The molecule has 1 aliphatic rings. The predicted octanol–water partition coefficient (Wildman–Crippen LogP) is 5.61. The van der Waals surface area contributed by atoms with E-state index in [0.717, 1.165) is 39.4 Å². The van der Waals surface area contributed by atoms with Crippen LogP contribution in [0.15, 0.2) is 78.9 Å². The van der Waals surface area contributed by atoms with Gasteiger partial charge in [-0.15, -0.1) is 0 Å². The maximum atomic E-state index is 13.8. The van der Waals surface area contributed by atoms with Gasteiger partial charge >= 0.3 is 0 Å². The van der Waals surface area contributed by atoms with Crippen LogP contribution in [-0.2, 0) is 4.79 Å². The average molecular weight is 493 g/mol. The monoisotopic (exact) mass is 492 g/mol. The summed E-state index contributed by atoms with van der Waals surface area (Å²) in [4.78, 5) is 27.6. The van der Waals surface area contributed by atoms with E-state index in [4.69, 9.17) is 14.7 Å². The summed E-state index contributed by atoms with van der Waals surface area (Å²) in [5, 5.41) is 0. The molecule has 1 fully saturated rings. The SMILES string of the molecule is Cc1nc2ccccc2nc1N1CCN(C(=O)/C(=C/c2ccc(OC(C)C)cc2)c2ccccc2)CC1. The molecule has 37 heavy (non-hydrogen) atoms. The number of carbonyl (C=O) groups excluding carboxylic acids is 1. The zero-order valence-electron chi connectivity index (χ0n) is 21.6. The number of anilines is 1. The molecule has 5 rings (SSSR count). The number of carbonyl (C=O) groups is 1. The molecular weight excluding hydrogens is 460 g/mol. The molecule has 6 nitrogen and oxygen atoms in total. The topological polar surface area (TPSA) is 58.6 Å². The summed E-state index contributed by atoms with van der Waals surface area (Å²) < 4.78 is 5.77. The lowest BCUT2D eigenvalue weighted by atomic mass is 10.0. The van der Waals surface area contributed by atoms with Gasteiger partial charge in [-0.25, -0.2) is 9.97 Å². The summed E-state index contributed by atoms with van der Waals surface area (Å²) in [6.07, 6.45) is 2.09. The Bertz CT molecular complexity index is 1410. The maximum absolute atomic E-state index is 13.8. The number of nitrogens with zero attached hydrogens (tertiary/aromatic N) is 4. The van der Waals surface area contributed by atoms with Crippen molar-refractivity contribution in [3.63, 3.8) is 0 Å². The number of aryl methyl sites for hydroxylation is 1. The lowest BCUT2D eigenvalue weighted by molar-refractivity contribution is -0.125. The number of amides is 1. The van der Waals surface area contributed by atoms with E-state index in [0.29, 0.717) is 31.8 Å². The van der Waals surface area contributed by atoms with Crippen LogP contribution in [0, 0.1) is 6.92 Å². The van der Waals surface area contributed by atoms with E-state index in [9.17, 15) is 4.79 Å². The number of aromatic nitrogens is 2. The van der Waals surface area contributed by atoms with Gasteiger partial charge in [0, 0.05) is 31.8 Å². The third kappa shape index (κ3) is 5.64. The normalized spacial score (nSPS) is 14.3. The van der Waals surface area contributed by atoms with E-state index >= 15 is 0 Å². The maximum Gasteiger partial charge on any atom is 0.254 e. The molecule has 1 aromatic heterocycles. The first kappa shape index (κ1) is 24.5. The lowest BCUT2D eigenvalue weighted by Crippen LogP contribution is -2.49. The Morgan fingerprint density at radius 1 is 0.838 bits per heavy atom. The zero-order chi connectivity index (χ0) is 25.8. The van der Waals surface area contributed by atoms with Gasteiger partial charge in [0.15, 0.2) is 5.82 Å². The highest BCUT2D eigenvalue weighted by Crippen LogP contribution is 2.25. The summed E-state index contributed by atoms with van der Waals surface area (Å²) in [6.45, 7) is 8.68. The van der Waals surface area contributed by atoms with E-state index in [1.54, 1.807) is 0 Å². The van der Waals surface area contributed by atoms with Crippen LogP contribution in [-0.4, -0.2) is 53.1 Å². The Labute approximate surface area is 218 Å². The molecule has 188 valence electrons. The van der Waals surface area contributed by atoms with Crippen molar-refractivity contribution in [2.24, 2.45) is 0 Å². The Hall–Kier alpha value is -4.19. The Morgan fingerprint density at radius 3 is 2.11 bits per heavy atom. The summed E-state index contributed by atoms with van der Waals surface area (Å²) in [7, 11) is 0. The molecule has 0 N–H and O–H groups in total. The third-order valence-electron chi connectivity index (χ3n) is 6.46. The number of hydrogen-bond donors (Lipinski definition) is 0. The van der Waals surface area contributed by atoms with Crippen molar-refractivity contribution in [2.45, 2.75) is 26.9 Å². The van der Waals surface area contributed by atoms with Crippen molar-refractivity contribution < 1.29 is 9.53 Å². The first-order valence-electron chi connectivity index (χ1n) is 12.8. The van der Waals surface area contributed by atoms with Crippen molar-refractivity contribution in [1.29, 1.82) is 0 Å². The van der Waals surface area contributed by atoms with Crippen LogP contribution in [0.3, 0.4) is 0 Å². The molecule has 1 amide bonds. The van der Waals surface area contributed by atoms with E-state index in [1.165, 1.54) is 0 Å². The molecule has 0 spiro atoms. The fourth-order valence-corrected chi connectivity index (χ4v) is 4.64. The highest BCUT2D eigenvalue weighted by atomic mass is 16.5. The molecule has 0 saturated carbocycles. The second-order valence-corrected chi connectivity index (χ2v) is 9.56. The van der Waals surface area contributed by atoms with Crippen LogP contribution in [0.2, 0.25) is 0 Å². The van der Waals surface area contributed by atoms with Crippen LogP contribution >= 0.6 is 0 Å². The van der Waals surface area contributed by atoms with Crippen molar-refractivity contribution in [3.05, 3.63) is 95.7 Å². The van der Waals surface area contributed by atoms with Gasteiger partial charge in [0.1, 0.15) is 5.75 Å². The number of benzene rings is 3. The highest BCUT2D eigenvalue weighted by molar-refractivity contribution is 6.24. The van der Waals surface area contributed by atoms with Crippen molar-refractivity contribution in [3.8, 4) is 5.75 Å². The van der Waals surface area contributed by atoms with E-state index in [2.05, 4.69) is 4.90 Å². The second-order valence-electron chi connectivity index (χ2n) is 9.56. The number of hydrogen-bond acceptors (Lipinski definition) is 5. The molecule has 0 atom stereocenters. The highest BCUT2D eigenvalue weighted by Gasteiger charge is 2.26. The van der Waals surface area contributed by atoms with Crippen LogP contribution < -0.4 is 9.64 Å². The van der Waals surface area contributed by atoms with E-state index < -0.39 is 0 Å². The molecule has 0 radical (unpaired) electrons. The molecule has 6 heteroatoms. The molecule has 0 bridgehead atoms. The third-order valence-corrected chi connectivity index (χ3v) is 6.46. The van der Waals surface area contributed by atoms with Crippen molar-refractivity contribution in [2.75, 3.05) is 31.1 Å². The quantitative estimate of drug-likeness (QED) is 0.258. The minimum Gasteiger partial charge on any atom is -0.491 e. The molecule has 1 saturated heterocycles. The average Bonchev–Trinajstić information content (AvgIpc) is 2.92.